The minimum absolute atomic E-state index is 0.564. The number of hydrogen-bond acceptors (Lipinski definition) is 1. The number of nitrogens with zero attached hydrogens (tertiary/aromatic N) is 1. The molecule has 1 aliphatic rings. The Labute approximate surface area is 147 Å². The zero-order chi connectivity index (χ0) is 16.8. The number of aromatic nitrogens is 1. The van der Waals surface area contributed by atoms with Gasteiger partial charge in [-0.3, -0.25) is 4.98 Å². The van der Waals surface area contributed by atoms with Crippen molar-refractivity contribution in [3.05, 3.63) is 64.5 Å². The molecule has 2 aromatic rings. The quantitative estimate of drug-likeness (QED) is 0.658. The van der Waals surface area contributed by atoms with E-state index in [2.05, 4.69) is 50.2 Å². The Morgan fingerprint density at radius 2 is 1.62 bits per heavy atom. The molecule has 0 N–H and O–H groups in total. The molecule has 0 fully saturated rings. The van der Waals surface area contributed by atoms with Crippen LogP contribution in [0.15, 0.2) is 36.4 Å². The molecule has 1 heteroatoms. The van der Waals surface area contributed by atoms with Crippen LogP contribution in [0.5, 0.6) is 0 Å². The molecule has 0 unspecified atom stereocenters. The van der Waals surface area contributed by atoms with Gasteiger partial charge in [-0.05, 0) is 67.9 Å². The fourth-order valence-electron chi connectivity index (χ4n) is 3.88. The summed E-state index contributed by atoms with van der Waals surface area (Å²) in [6.07, 6.45) is 11.4. The summed E-state index contributed by atoms with van der Waals surface area (Å²) in [5.41, 5.74) is 6.89. The Morgan fingerprint density at radius 3 is 2.42 bits per heavy atom. The van der Waals surface area contributed by atoms with Crippen molar-refractivity contribution in [3.8, 4) is 0 Å². The zero-order valence-corrected chi connectivity index (χ0v) is 15.4. The molecule has 1 aromatic heterocycles. The van der Waals surface area contributed by atoms with Gasteiger partial charge in [0.15, 0.2) is 0 Å². The van der Waals surface area contributed by atoms with Crippen molar-refractivity contribution < 1.29 is 0 Å². The summed E-state index contributed by atoms with van der Waals surface area (Å²) in [7, 11) is 0. The van der Waals surface area contributed by atoms with E-state index >= 15 is 0 Å². The van der Waals surface area contributed by atoms with Gasteiger partial charge in [0, 0.05) is 17.3 Å². The molecule has 0 radical (unpaired) electrons. The Hall–Kier alpha value is -1.63. The van der Waals surface area contributed by atoms with E-state index in [9.17, 15) is 0 Å². The maximum absolute atomic E-state index is 5.05. The van der Waals surface area contributed by atoms with Crippen LogP contribution in [-0.2, 0) is 19.3 Å². The molecular formula is C23H31N. The van der Waals surface area contributed by atoms with E-state index in [4.69, 9.17) is 4.98 Å². The minimum Gasteiger partial charge on any atom is -0.258 e. The summed E-state index contributed by atoms with van der Waals surface area (Å²) in [6, 6.07) is 13.8. The molecule has 1 aliphatic heterocycles. The Morgan fingerprint density at radius 1 is 0.917 bits per heavy atom. The predicted octanol–water partition coefficient (Wildman–Crippen LogP) is 6.18. The van der Waals surface area contributed by atoms with Gasteiger partial charge in [0.05, 0.1) is 0 Å². The maximum atomic E-state index is 5.05. The number of hydrogen-bond donors (Lipinski definition) is 0. The fourth-order valence-corrected chi connectivity index (χ4v) is 3.88. The lowest BCUT2D eigenvalue weighted by Crippen LogP contribution is -2.08. The van der Waals surface area contributed by atoms with Gasteiger partial charge in [-0.1, -0.05) is 56.9 Å². The zero-order valence-electron chi connectivity index (χ0n) is 15.4. The molecular weight excluding hydrogens is 290 g/mol. The van der Waals surface area contributed by atoms with Gasteiger partial charge < -0.3 is 0 Å². The molecule has 0 saturated heterocycles. The summed E-state index contributed by atoms with van der Waals surface area (Å²) < 4.78 is 0. The van der Waals surface area contributed by atoms with Crippen LogP contribution in [0.25, 0.3) is 0 Å². The largest absolute Gasteiger partial charge is 0.258 e. The number of benzene rings is 1. The molecule has 128 valence electrons. The first kappa shape index (κ1) is 17.2. The average molecular weight is 322 g/mol. The van der Waals surface area contributed by atoms with E-state index in [1.165, 1.54) is 66.6 Å². The molecule has 1 atom stereocenters. The van der Waals surface area contributed by atoms with Crippen LogP contribution >= 0.6 is 0 Å². The third-order valence-corrected chi connectivity index (χ3v) is 5.36. The molecule has 0 amide bonds. The lowest BCUT2D eigenvalue weighted by atomic mass is 9.89. The fraction of sp³-hybridized carbons (Fsp3) is 0.522. The maximum Gasteiger partial charge on any atom is 0.0443 e. The lowest BCUT2D eigenvalue weighted by Gasteiger charge is -2.18. The molecule has 2 bridgehead atoms. The first-order valence-electron chi connectivity index (χ1n) is 9.80. The molecule has 24 heavy (non-hydrogen) atoms. The van der Waals surface area contributed by atoms with Crippen molar-refractivity contribution in [1.29, 1.82) is 0 Å². The van der Waals surface area contributed by atoms with Crippen LogP contribution in [-0.4, -0.2) is 4.98 Å². The van der Waals surface area contributed by atoms with Crippen LogP contribution in [0.1, 0.15) is 79.4 Å². The standard InChI is InChI=1S/C23H31N/c1-3-19-11-13-20(14-12-19)17-21-9-7-5-4-6-8-10-22-15-18(2)16-23(21)24-22/h11-16,21H,3-10,17H2,1-2H3/t21-/m0/s1. The van der Waals surface area contributed by atoms with Gasteiger partial charge >= 0.3 is 0 Å². The molecule has 1 nitrogen and oxygen atoms in total. The van der Waals surface area contributed by atoms with Crippen molar-refractivity contribution in [2.24, 2.45) is 0 Å². The van der Waals surface area contributed by atoms with Crippen LogP contribution in [0.2, 0.25) is 0 Å². The molecule has 0 saturated carbocycles. The first-order chi connectivity index (χ1) is 11.7. The Bertz CT molecular complexity index is 642. The number of rotatable bonds is 3. The van der Waals surface area contributed by atoms with E-state index in [1.54, 1.807) is 0 Å². The Kier molecular flexibility index (Phi) is 6.07. The molecule has 2 heterocycles. The van der Waals surface area contributed by atoms with Crippen LogP contribution in [0, 0.1) is 6.92 Å². The summed E-state index contributed by atoms with van der Waals surface area (Å²) in [5, 5.41) is 0. The third kappa shape index (κ3) is 4.69. The first-order valence-corrected chi connectivity index (χ1v) is 9.80. The average Bonchev–Trinajstić information content (AvgIpc) is 2.62. The van der Waals surface area contributed by atoms with Gasteiger partial charge in [-0.25, -0.2) is 0 Å². The van der Waals surface area contributed by atoms with E-state index in [-0.39, 0.29) is 0 Å². The second kappa shape index (κ2) is 8.46. The number of pyridine rings is 1. The molecule has 0 spiro atoms. The molecule has 0 aliphatic carbocycles. The van der Waals surface area contributed by atoms with Gasteiger partial charge in [0.25, 0.3) is 0 Å². The normalized spacial score (nSPS) is 18.8. The van der Waals surface area contributed by atoms with Gasteiger partial charge in [0.2, 0.25) is 0 Å². The number of fused-ring (bicyclic) bond motifs is 2. The van der Waals surface area contributed by atoms with Gasteiger partial charge in [-0.15, -0.1) is 0 Å². The lowest BCUT2D eigenvalue weighted by molar-refractivity contribution is 0.537. The van der Waals surface area contributed by atoms with Crippen LogP contribution in [0.3, 0.4) is 0 Å². The second-order valence-corrected chi connectivity index (χ2v) is 7.44. The SMILES string of the molecule is CCc1ccc(C[C@@H]2CCCCCCCc3cc(C)cc2n3)cc1. The highest BCUT2D eigenvalue weighted by molar-refractivity contribution is 5.27. The van der Waals surface area contributed by atoms with Gasteiger partial charge in [0.1, 0.15) is 0 Å². The van der Waals surface area contributed by atoms with Crippen LogP contribution < -0.4 is 0 Å². The topological polar surface area (TPSA) is 12.9 Å². The monoisotopic (exact) mass is 321 g/mol. The summed E-state index contributed by atoms with van der Waals surface area (Å²) in [6.45, 7) is 4.44. The molecule has 3 rings (SSSR count). The van der Waals surface area contributed by atoms with E-state index in [1.807, 2.05) is 0 Å². The highest BCUT2D eigenvalue weighted by Crippen LogP contribution is 2.28. The second-order valence-electron chi connectivity index (χ2n) is 7.44. The molecule has 1 aromatic carbocycles. The van der Waals surface area contributed by atoms with Crippen molar-refractivity contribution in [2.75, 3.05) is 0 Å². The Balaban J connectivity index is 1.84. The smallest absolute Gasteiger partial charge is 0.0443 e. The van der Waals surface area contributed by atoms with E-state index in [0.29, 0.717) is 5.92 Å². The van der Waals surface area contributed by atoms with Gasteiger partial charge in [-0.2, -0.15) is 0 Å². The summed E-state index contributed by atoms with van der Waals surface area (Å²) in [4.78, 5) is 5.05. The van der Waals surface area contributed by atoms with Crippen molar-refractivity contribution in [3.63, 3.8) is 0 Å². The highest BCUT2D eigenvalue weighted by Gasteiger charge is 2.16. The highest BCUT2D eigenvalue weighted by atomic mass is 14.7. The third-order valence-electron chi connectivity index (χ3n) is 5.36. The predicted molar refractivity (Wildman–Crippen MR) is 103 cm³/mol. The van der Waals surface area contributed by atoms with E-state index in [0.717, 1.165) is 19.3 Å². The minimum atomic E-state index is 0.564. The number of aryl methyl sites for hydroxylation is 3. The van der Waals surface area contributed by atoms with Crippen molar-refractivity contribution in [1.82, 2.24) is 4.98 Å². The van der Waals surface area contributed by atoms with Crippen molar-refractivity contribution in [2.45, 2.75) is 77.6 Å². The van der Waals surface area contributed by atoms with Crippen molar-refractivity contribution >= 4 is 0 Å². The van der Waals surface area contributed by atoms with Crippen LogP contribution in [0.4, 0.5) is 0 Å². The van der Waals surface area contributed by atoms with E-state index < -0.39 is 0 Å². The summed E-state index contributed by atoms with van der Waals surface area (Å²) in [5.74, 6) is 0.564. The summed E-state index contributed by atoms with van der Waals surface area (Å²) >= 11 is 0.